The summed E-state index contributed by atoms with van der Waals surface area (Å²) >= 11 is 0. The van der Waals surface area contributed by atoms with E-state index in [1.165, 1.54) is 25.5 Å². The average Bonchev–Trinajstić information content (AvgIpc) is 2.78. The Hall–Kier alpha value is -4.28. The molecular formula is C21H21N5O6. The van der Waals surface area contributed by atoms with Gasteiger partial charge in [0, 0.05) is 24.5 Å². The molecule has 0 saturated heterocycles. The monoisotopic (exact) mass is 439 g/mol. The molecule has 3 aromatic rings. The van der Waals surface area contributed by atoms with Gasteiger partial charge < -0.3 is 14.5 Å². The Bertz CT molecular complexity index is 1240. The number of nitrogens with zero attached hydrogens (tertiary/aromatic N) is 3. The number of H-pyrrole nitrogens is 1. The first kappa shape index (κ1) is 22.4. The second-order valence-electron chi connectivity index (χ2n) is 6.58. The molecule has 0 aliphatic rings. The zero-order valence-corrected chi connectivity index (χ0v) is 17.5. The van der Waals surface area contributed by atoms with Crippen molar-refractivity contribution in [1.82, 2.24) is 15.4 Å². The normalized spacial score (nSPS) is 10.9. The molecule has 32 heavy (non-hydrogen) atoms. The van der Waals surface area contributed by atoms with Crippen molar-refractivity contribution >= 4 is 28.8 Å². The highest BCUT2D eigenvalue weighted by Gasteiger charge is 2.21. The molecule has 0 atom stereocenters. The Balaban J connectivity index is 1.66. The van der Waals surface area contributed by atoms with Crippen molar-refractivity contribution in [2.45, 2.75) is 19.8 Å². The van der Waals surface area contributed by atoms with Crippen LogP contribution in [-0.2, 0) is 11.2 Å². The minimum atomic E-state index is -0.586. The molecule has 1 heterocycles. The summed E-state index contributed by atoms with van der Waals surface area (Å²) in [7, 11) is 1.37. The van der Waals surface area contributed by atoms with Crippen LogP contribution in [0.3, 0.4) is 0 Å². The van der Waals surface area contributed by atoms with E-state index in [0.29, 0.717) is 16.6 Å². The van der Waals surface area contributed by atoms with Gasteiger partial charge in [0.1, 0.15) is 5.69 Å². The Morgan fingerprint density at radius 2 is 2.12 bits per heavy atom. The summed E-state index contributed by atoms with van der Waals surface area (Å²) in [6.07, 6.45) is 1.37. The molecule has 1 aromatic heterocycles. The first-order valence-corrected chi connectivity index (χ1v) is 9.72. The number of fused-ring (bicyclic) bond motifs is 1. The molecule has 0 unspecified atom stereocenters. The third-order valence-electron chi connectivity index (χ3n) is 4.42. The number of aromatic amines is 1. The van der Waals surface area contributed by atoms with Crippen LogP contribution < -0.4 is 20.5 Å². The van der Waals surface area contributed by atoms with E-state index in [0.717, 1.165) is 0 Å². The van der Waals surface area contributed by atoms with E-state index in [1.807, 2.05) is 0 Å². The lowest BCUT2D eigenvalue weighted by atomic mass is 10.2. The fourth-order valence-electron chi connectivity index (χ4n) is 2.96. The van der Waals surface area contributed by atoms with Crippen LogP contribution >= 0.6 is 0 Å². The molecule has 2 aromatic carbocycles. The molecule has 0 saturated carbocycles. The highest BCUT2D eigenvalue weighted by molar-refractivity contribution is 5.85. The lowest BCUT2D eigenvalue weighted by Gasteiger charge is -2.10. The Kier molecular flexibility index (Phi) is 7.11. The zero-order valence-electron chi connectivity index (χ0n) is 17.5. The fourth-order valence-corrected chi connectivity index (χ4v) is 2.96. The van der Waals surface area contributed by atoms with E-state index < -0.39 is 10.8 Å². The summed E-state index contributed by atoms with van der Waals surface area (Å²) in [5, 5.41) is 15.2. The summed E-state index contributed by atoms with van der Waals surface area (Å²) in [6, 6.07) is 9.88. The van der Waals surface area contributed by atoms with Crippen LogP contribution in [0.15, 0.2) is 46.3 Å². The van der Waals surface area contributed by atoms with Gasteiger partial charge in [0.2, 0.25) is 11.7 Å². The van der Waals surface area contributed by atoms with Gasteiger partial charge in [0.15, 0.2) is 5.75 Å². The average molecular weight is 439 g/mol. The van der Waals surface area contributed by atoms with Crippen LogP contribution in [0.4, 0.5) is 5.69 Å². The number of ether oxygens (including phenoxy) is 2. The van der Waals surface area contributed by atoms with Crippen molar-refractivity contribution in [3.05, 3.63) is 68.1 Å². The fraction of sp³-hybridized carbons (Fsp3) is 0.238. The second-order valence-corrected chi connectivity index (χ2v) is 6.58. The third kappa shape index (κ3) is 5.25. The standard InChI is InChI=1S/C21H21N5O6/c1-3-32-20-17(26(29)30)10-13(11-18(20)31-2)12-22-25-19(27)9-8-16-21(28)24-15-7-5-4-6-14(15)23-16/h4-7,10-12H,3,8-9H2,1-2H3,(H,24,28)(H,25,27)/b22-12-. The number of aryl methyl sites for hydroxylation is 1. The predicted molar refractivity (Wildman–Crippen MR) is 117 cm³/mol. The molecule has 11 heteroatoms. The molecule has 0 spiro atoms. The summed E-state index contributed by atoms with van der Waals surface area (Å²) in [4.78, 5) is 42.0. The third-order valence-corrected chi connectivity index (χ3v) is 4.42. The number of carbonyl (C=O) groups excluding carboxylic acids is 1. The number of methoxy groups -OCH3 is 1. The number of aromatic nitrogens is 2. The number of carbonyl (C=O) groups is 1. The summed E-state index contributed by atoms with van der Waals surface area (Å²) in [5.41, 5.74) is 3.54. The smallest absolute Gasteiger partial charge is 0.315 e. The SMILES string of the molecule is CCOc1c(OC)cc(/C=N\NC(=O)CCc2nc3ccccc3[nH]c2=O)cc1[N+](=O)[O-]. The van der Waals surface area contributed by atoms with E-state index in [2.05, 4.69) is 20.5 Å². The Morgan fingerprint density at radius 3 is 2.84 bits per heavy atom. The molecule has 3 rings (SSSR count). The topological polar surface area (TPSA) is 149 Å². The molecule has 0 aliphatic heterocycles. The molecule has 0 fully saturated rings. The van der Waals surface area contributed by atoms with Crippen molar-refractivity contribution in [3.8, 4) is 11.5 Å². The van der Waals surface area contributed by atoms with Crippen LogP contribution in [0.25, 0.3) is 11.0 Å². The highest BCUT2D eigenvalue weighted by Crippen LogP contribution is 2.37. The number of nitro benzene ring substituents is 1. The highest BCUT2D eigenvalue weighted by atomic mass is 16.6. The number of nitro groups is 1. The lowest BCUT2D eigenvalue weighted by Crippen LogP contribution is -2.21. The van der Waals surface area contributed by atoms with Gasteiger partial charge >= 0.3 is 5.69 Å². The van der Waals surface area contributed by atoms with Gasteiger partial charge in [-0.25, -0.2) is 10.4 Å². The van der Waals surface area contributed by atoms with Crippen LogP contribution in [0.1, 0.15) is 24.6 Å². The molecule has 1 amide bonds. The molecule has 0 radical (unpaired) electrons. The number of rotatable bonds is 9. The molecule has 0 bridgehead atoms. The summed E-state index contributed by atoms with van der Waals surface area (Å²) < 4.78 is 10.5. The van der Waals surface area contributed by atoms with Gasteiger partial charge in [-0.15, -0.1) is 0 Å². The van der Waals surface area contributed by atoms with E-state index in [-0.39, 0.29) is 47.9 Å². The van der Waals surface area contributed by atoms with E-state index in [9.17, 15) is 19.7 Å². The molecule has 166 valence electrons. The van der Waals surface area contributed by atoms with E-state index in [4.69, 9.17) is 9.47 Å². The van der Waals surface area contributed by atoms with Gasteiger partial charge in [-0.2, -0.15) is 5.10 Å². The van der Waals surface area contributed by atoms with Gasteiger partial charge in [-0.3, -0.25) is 19.7 Å². The number of hydrazone groups is 1. The van der Waals surface area contributed by atoms with E-state index in [1.54, 1.807) is 31.2 Å². The molecule has 2 N–H and O–H groups in total. The van der Waals surface area contributed by atoms with Gasteiger partial charge in [0.25, 0.3) is 5.56 Å². The maximum atomic E-state index is 12.1. The molecular weight excluding hydrogens is 418 g/mol. The quantitative estimate of drug-likeness (QED) is 0.295. The zero-order chi connectivity index (χ0) is 23.1. The summed E-state index contributed by atoms with van der Waals surface area (Å²) in [5.74, 6) is -0.243. The van der Waals surface area contributed by atoms with Gasteiger partial charge in [-0.05, 0) is 25.1 Å². The maximum absolute atomic E-state index is 12.1. The van der Waals surface area contributed by atoms with Crippen molar-refractivity contribution in [3.63, 3.8) is 0 Å². The van der Waals surface area contributed by atoms with Crippen molar-refractivity contribution < 1.29 is 19.2 Å². The minimum Gasteiger partial charge on any atom is -0.493 e. The maximum Gasteiger partial charge on any atom is 0.315 e. The Labute approximate surface area is 182 Å². The van der Waals surface area contributed by atoms with Crippen molar-refractivity contribution in [1.29, 1.82) is 0 Å². The second kappa shape index (κ2) is 10.2. The van der Waals surface area contributed by atoms with Crippen molar-refractivity contribution in [2.24, 2.45) is 5.10 Å². The number of amides is 1. The number of para-hydroxylation sites is 2. The molecule has 11 nitrogen and oxygen atoms in total. The van der Waals surface area contributed by atoms with Gasteiger partial charge in [0.05, 0.1) is 35.9 Å². The van der Waals surface area contributed by atoms with Crippen molar-refractivity contribution in [2.75, 3.05) is 13.7 Å². The number of hydrogen-bond acceptors (Lipinski definition) is 8. The number of nitrogens with one attached hydrogen (secondary N) is 2. The molecule has 0 aliphatic carbocycles. The number of benzene rings is 2. The summed E-state index contributed by atoms with van der Waals surface area (Å²) in [6.45, 7) is 1.94. The first-order valence-electron chi connectivity index (χ1n) is 9.72. The largest absolute Gasteiger partial charge is 0.493 e. The first-order chi connectivity index (χ1) is 15.4. The lowest BCUT2D eigenvalue weighted by molar-refractivity contribution is -0.385. The van der Waals surface area contributed by atoms with Crippen LogP contribution in [-0.4, -0.2) is 40.7 Å². The van der Waals surface area contributed by atoms with Gasteiger partial charge in [-0.1, -0.05) is 12.1 Å². The minimum absolute atomic E-state index is 0.0154. The Morgan fingerprint density at radius 1 is 1.34 bits per heavy atom. The predicted octanol–water partition coefficient (Wildman–Crippen LogP) is 2.32. The van der Waals surface area contributed by atoms with Crippen LogP contribution in [0.5, 0.6) is 11.5 Å². The number of hydrogen-bond donors (Lipinski definition) is 2. The van der Waals surface area contributed by atoms with Crippen LogP contribution in [0.2, 0.25) is 0 Å². The van der Waals surface area contributed by atoms with Crippen LogP contribution in [0, 0.1) is 10.1 Å². The van der Waals surface area contributed by atoms with E-state index >= 15 is 0 Å².